The molecular weight excluding hydrogens is 390 g/mol. The molecule has 0 unspecified atom stereocenters. The van der Waals surface area contributed by atoms with Crippen LogP contribution in [-0.4, -0.2) is 16.6 Å². The summed E-state index contributed by atoms with van der Waals surface area (Å²) in [6, 6.07) is 18.4. The van der Waals surface area contributed by atoms with Crippen molar-refractivity contribution in [1.29, 1.82) is 0 Å². The molecule has 0 saturated heterocycles. The summed E-state index contributed by atoms with van der Waals surface area (Å²) in [5.74, 6) is -0.154. The van der Waals surface area contributed by atoms with Gasteiger partial charge < -0.3 is 5.32 Å². The van der Waals surface area contributed by atoms with E-state index in [0.29, 0.717) is 5.69 Å². The Kier molecular flexibility index (Phi) is 6.73. The van der Waals surface area contributed by atoms with E-state index in [1.807, 2.05) is 25.1 Å². The molecule has 0 radical (unpaired) electrons. The molecular formula is C25H27N3OS. The van der Waals surface area contributed by atoms with Crippen LogP contribution in [0.5, 0.6) is 0 Å². The first-order valence-electron chi connectivity index (χ1n) is 10.0. The minimum absolute atomic E-state index is 0. The number of hydrogen-bond acceptors (Lipinski definition) is 3. The van der Waals surface area contributed by atoms with Gasteiger partial charge in [-0.2, -0.15) is 13.5 Å². The summed E-state index contributed by atoms with van der Waals surface area (Å²) in [6.07, 6.45) is 2.52. The van der Waals surface area contributed by atoms with E-state index in [9.17, 15) is 4.79 Å². The lowest BCUT2D eigenvalue weighted by atomic mass is 9.98. The fraction of sp³-hybridized carbons (Fsp3) is 0.240. The molecule has 2 heterocycles. The van der Waals surface area contributed by atoms with Crippen LogP contribution in [0.1, 0.15) is 59.1 Å². The average Bonchev–Trinajstić information content (AvgIpc) is 3.12. The maximum absolute atomic E-state index is 12.9. The zero-order valence-electron chi connectivity index (χ0n) is 17.6. The monoisotopic (exact) mass is 417 g/mol. The van der Waals surface area contributed by atoms with E-state index in [-0.39, 0.29) is 25.4 Å². The first-order chi connectivity index (χ1) is 14.0. The summed E-state index contributed by atoms with van der Waals surface area (Å²) < 4.78 is 0. The first kappa shape index (κ1) is 21.8. The molecule has 154 valence electrons. The summed E-state index contributed by atoms with van der Waals surface area (Å²) in [4.78, 5) is 21.7. The van der Waals surface area contributed by atoms with Crippen molar-refractivity contribution in [1.82, 2.24) is 10.3 Å². The number of aryl methyl sites for hydroxylation is 1. The third kappa shape index (κ3) is 4.46. The lowest BCUT2D eigenvalue weighted by molar-refractivity contribution is 0.0930. The van der Waals surface area contributed by atoms with Gasteiger partial charge in [0, 0.05) is 17.5 Å². The van der Waals surface area contributed by atoms with Crippen LogP contribution in [0.25, 0.3) is 11.1 Å². The molecule has 4 nitrogen and oxygen atoms in total. The van der Waals surface area contributed by atoms with Gasteiger partial charge in [0.15, 0.2) is 0 Å². The number of carbonyl (C=O) groups is 1. The molecule has 1 N–H and O–H groups in total. The third-order valence-electron chi connectivity index (χ3n) is 5.47. The van der Waals surface area contributed by atoms with Crippen LogP contribution in [0, 0.1) is 6.92 Å². The molecule has 0 saturated carbocycles. The predicted molar refractivity (Wildman–Crippen MR) is 128 cm³/mol. The molecule has 0 fully saturated rings. The van der Waals surface area contributed by atoms with Crippen LogP contribution < -0.4 is 5.32 Å². The topological polar surface area (TPSA) is 54.4 Å². The van der Waals surface area contributed by atoms with Gasteiger partial charge in [-0.15, -0.1) is 0 Å². The number of nitrogens with zero attached hydrogens (tertiary/aromatic N) is 2. The zero-order valence-corrected chi connectivity index (χ0v) is 18.6. The van der Waals surface area contributed by atoms with E-state index in [1.165, 1.54) is 16.7 Å². The minimum atomic E-state index is -0.154. The van der Waals surface area contributed by atoms with Crippen molar-refractivity contribution in [2.45, 2.75) is 39.8 Å². The maximum atomic E-state index is 12.9. The third-order valence-corrected chi connectivity index (χ3v) is 5.47. The van der Waals surface area contributed by atoms with E-state index in [2.05, 4.69) is 65.5 Å². The fourth-order valence-corrected chi connectivity index (χ4v) is 3.79. The number of hydrogen-bond donors (Lipinski definition) is 1. The van der Waals surface area contributed by atoms with Crippen LogP contribution in [-0.2, 0) is 6.54 Å². The molecule has 1 aromatic heterocycles. The van der Waals surface area contributed by atoms with Crippen molar-refractivity contribution in [3.05, 3.63) is 88.7 Å². The van der Waals surface area contributed by atoms with Crippen molar-refractivity contribution < 1.29 is 4.79 Å². The van der Waals surface area contributed by atoms with Crippen molar-refractivity contribution in [3.63, 3.8) is 0 Å². The molecule has 0 spiro atoms. The van der Waals surface area contributed by atoms with Crippen molar-refractivity contribution >= 4 is 25.1 Å². The molecule has 5 heteroatoms. The van der Waals surface area contributed by atoms with Gasteiger partial charge in [0.2, 0.25) is 0 Å². The fourth-order valence-electron chi connectivity index (χ4n) is 3.79. The molecule has 1 amide bonds. The highest BCUT2D eigenvalue weighted by molar-refractivity contribution is 7.59. The number of aliphatic imine (C=N–C) groups is 1. The van der Waals surface area contributed by atoms with Crippen molar-refractivity contribution in [2.24, 2.45) is 4.99 Å². The second-order valence-corrected chi connectivity index (χ2v) is 7.55. The standard InChI is InChI=1S/C25H25N3O.H2S/c1-4-23(20-7-5-6-16(2)12-20)28-25(29)24-14-19(10-11-26-24)18-8-9-21-15-27-17(3)22(21)13-18;/h5-14,23H,4,15H2,1-3H3,(H,28,29);1H2/t23-;/m1./s1. The van der Waals surface area contributed by atoms with Crippen LogP contribution in [0.4, 0.5) is 0 Å². The number of benzene rings is 2. The molecule has 0 bridgehead atoms. The summed E-state index contributed by atoms with van der Waals surface area (Å²) in [5, 5.41) is 3.13. The number of pyridine rings is 1. The number of nitrogens with one attached hydrogen (secondary N) is 1. The van der Waals surface area contributed by atoms with E-state index >= 15 is 0 Å². The average molecular weight is 418 g/mol. The number of amides is 1. The van der Waals surface area contributed by atoms with Gasteiger partial charge in [-0.05, 0) is 60.7 Å². The Hall–Kier alpha value is -2.92. The van der Waals surface area contributed by atoms with Crippen LogP contribution in [0.15, 0.2) is 65.8 Å². The Morgan fingerprint density at radius 1 is 1.07 bits per heavy atom. The quantitative estimate of drug-likeness (QED) is 0.606. The summed E-state index contributed by atoms with van der Waals surface area (Å²) >= 11 is 0. The molecule has 3 aromatic rings. The molecule has 2 aromatic carbocycles. The largest absolute Gasteiger partial charge is 0.344 e. The van der Waals surface area contributed by atoms with Crippen LogP contribution in [0.3, 0.4) is 0 Å². The molecule has 1 aliphatic rings. The highest BCUT2D eigenvalue weighted by Gasteiger charge is 2.17. The highest BCUT2D eigenvalue weighted by Crippen LogP contribution is 2.27. The normalized spacial score (nSPS) is 13.1. The lowest BCUT2D eigenvalue weighted by Gasteiger charge is -2.18. The number of rotatable bonds is 5. The Labute approximate surface area is 184 Å². The second-order valence-electron chi connectivity index (χ2n) is 7.55. The van der Waals surface area contributed by atoms with Gasteiger partial charge in [-0.1, -0.05) is 48.9 Å². The Balaban J connectivity index is 0.00000256. The SMILES string of the molecule is CC[C@@H](NC(=O)c1cc(-c2ccc3c(c2)C(C)=NC3)ccn1)c1cccc(C)c1.S. The van der Waals surface area contributed by atoms with E-state index in [0.717, 1.165) is 35.4 Å². The molecule has 1 atom stereocenters. The van der Waals surface area contributed by atoms with E-state index in [4.69, 9.17) is 0 Å². The molecule has 0 aliphatic carbocycles. The van der Waals surface area contributed by atoms with Crippen LogP contribution in [0.2, 0.25) is 0 Å². The molecule has 1 aliphatic heterocycles. The maximum Gasteiger partial charge on any atom is 0.270 e. The number of fused-ring (bicyclic) bond motifs is 1. The Morgan fingerprint density at radius 2 is 1.87 bits per heavy atom. The summed E-state index contributed by atoms with van der Waals surface area (Å²) in [5.41, 5.74) is 8.30. The lowest BCUT2D eigenvalue weighted by Crippen LogP contribution is -2.28. The number of carbonyl (C=O) groups excluding carboxylic acids is 1. The minimum Gasteiger partial charge on any atom is -0.344 e. The van der Waals surface area contributed by atoms with Gasteiger partial charge in [0.1, 0.15) is 5.69 Å². The van der Waals surface area contributed by atoms with E-state index < -0.39 is 0 Å². The van der Waals surface area contributed by atoms with Crippen molar-refractivity contribution in [2.75, 3.05) is 0 Å². The van der Waals surface area contributed by atoms with E-state index in [1.54, 1.807) is 6.20 Å². The van der Waals surface area contributed by atoms with Crippen LogP contribution >= 0.6 is 13.5 Å². The predicted octanol–water partition coefficient (Wildman–Crippen LogP) is 5.37. The second kappa shape index (κ2) is 9.26. The van der Waals surface area contributed by atoms with Gasteiger partial charge in [0.25, 0.3) is 5.91 Å². The van der Waals surface area contributed by atoms with Gasteiger partial charge in [-0.25, -0.2) is 0 Å². The zero-order chi connectivity index (χ0) is 20.4. The summed E-state index contributed by atoms with van der Waals surface area (Å²) in [6.45, 7) is 6.93. The molecule has 30 heavy (non-hydrogen) atoms. The van der Waals surface area contributed by atoms with Gasteiger partial charge in [-0.3, -0.25) is 14.8 Å². The first-order valence-corrected chi connectivity index (χ1v) is 10.0. The summed E-state index contributed by atoms with van der Waals surface area (Å²) in [7, 11) is 0. The number of aromatic nitrogens is 1. The highest BCUT2D eigenvalue weighted by atomic mass is 32.1. The Morgan fingerprint density at radius 3 is 2.63 bits per heavy atom. The van der Waals surface area contributed by atoms with Crippen molar-refractivity contribution in [3.8, 4) is 11.1 Å². The van der Waals surface area contributed by atoms with Gasteiger partial charge >= 0.3 is 0 Å². The molecule has 4 rings (SSSR count). The smallest absolute Gasteiger partial charge is 0.270 e. The van der Waals surface area contributed by atoms with Gasteiger partial charge in [0.05, 0.1) is 12.6 Å². The Bertz CT molecular complexity index is 1110.